The Bertz CT molecular complexity index is 741. The van der Waals surface area contributed by atoms with Gasteiger partial charge in [-0.15, -0.1) is 0 Å². The van der Waals surface area contributed by atoms with E-state index in [0.29, 0.717) is 10.3 Å². The summed E-state index contributed by atoms with van der Waals surface area (Å²) in [5.41, 5.74) is -0.105. The van der Waals surface area contributed by atoms with Crippen molar-refractivity contribution in [1.82, 2.24) is 9.55 Å². The summed E-state index contributed by atoms with van der Waals surface area (Å²) < 4.78 is 7.41. The number of carbonyl (C=O) groups is 1. The summed E-state index contributed by atoms with van der Waals surface area (Å²) in [7, 11) is 1.54. The molecule has 0 spiro atoms. The Balaban J connectivity index is 2.55. The molecule has 1 aromatic heterocycles. The highest BCUT2D eigenvalue weighted by atomic mass is 79.9. The fourth-order valence-electron chi connectivity index (χ4n) is 1.67. The van der Waals surface area contributed by atoms with Gasteiger partial charge in [-0.3, -0.25) is 4.57 Å². The molecule has 0 amide bonds. The minimum Gasteiger partial charge on any atom is -0.478 e. The molecule has 0 aliphatic rings. The van der Waals surface area contributed by atoms with E-state index in [1.54, 1.807) is 20.0 Å². The maximum atomic E-state index is 11.2. The van der Waals surface area contributed by atoms with Gasteiger partial charge in [-0.05, 0) is 28.1 Å². The number of carboxylic acid groups (broad SMARTS) is 1. The third kappa shape index (κ3) is 2.87. The van der Waals surface area contributed by atoms with Crippen molar-refractivity contribution in [3.63, 3.8) is 0 Å². The first kappa shape index (κ1) is 15.0. The standard InChI is InChI=1S/C12H10BrN3O5/c1-6-14-10(16(19)20)11(15(6)2)21-9-5-7(13)3-4-8(9)12(17)18/h3-5H,1-2H3,(H,17,18). The number of aromatic carboxylic acids is 1. The molecule has 1 heterocycles. The zero-order chi connectivity index (χ0) is 15.7. The number of aromatic nitrogens is 2. The van der Waals surface area contributed by atoms with Crippen LogP contribution in [-0.2, 0) is 7.05 Å². The van der Waals surface area contributed by atoms with Crippen LogP contribution in [0.25, 0.3) is 0 Å². The summed E-state index contributed by atoms with van der Waals surface area (Å²) in [6, 6.07) is 4.31. The van der Waals surface area contributed by atoms with Crippen molar-refractivity contribution in [2.24, 2.45) is 7.05 Å². The molecular formula is C12H10BrN3O5. The van der Waals surface area contributed by atoms with E-state index < -0.39 is 16.7 Å². The lowest BCUT2D eigenvalue weighted by molar-refractivity contribution is -0.390. The summed E-state index contributed by atoms with van der Waals surface area (Å²) in [6.07, 6.45) is 0. The number of carboxylic acids is 1. The topological polar surface area (TPSA) is 107 Å². The predicted molar refractivity (Wildman–Crippen MR) is 75.8 cm³/mol. The van der Waals surface area contributed by atoms with Crippen LogP contribution in [0.1, 0.15) is 16.2 Å². The molecule has 2 aromatic rings. The van der Waals surface area contributed by atoms with E-state index in [1.807, 2.05) is 0 Å². The third-order valence-electron chi connectivity index (χ3n) is 2.80. The van der Waals surface area contributed by atoms with Gasteiger partial charge in [-0.2, -0.15) is 0 Å². The normalized spacial score (nSPS) is 10.4. The molecule has 0 unspecified atom stereocenters. The molecule has 0 bridgehead atoms. The maximum absolute atomic E-state index is 11.2. The lowest BCUT2D eigenvalue weighted by Crippen LogP contribution is -2.03. The number of rotatable bonds is 4. The average molecular weight is 356 g/mol. The summed E-state index contributed by atoms with van der Waals surface area (Å²) >= 11 is 3.20. The summed E-state index contributed by atoms with van der Waals surface area (Å²) in [4.78, 5) is 25.3. The second-order valence-electron chi connectivity index (χ2n) is 4.15. The number of imidazole rings is 1. The van der Waals surface area contributed by atoms with Crippen molar-refractivity contribution >= 4 is 27.7 Å². The summed E-state index contributed by atoms with van der Waals surface area (Å²) in [5.74, 6) is -1.42. The molecule has 0 saturated carbocycles. The Kier molecular flexibility index (Phi) is 3.94. The highest BCUT2D eigenvalue weighted by Gasteiger charge is 2.27. The molecule has 21 heavy (non-hydrogen) atoms. The predicted octanol–water partition coefficient (Wildman–Crippen LogP) is 2.89. The van der Waals surface area contributed by atoms with Gasteiger partial charge in [0, 0.05) is 18.4 Å². The molecule has 0 fully saturated rings. The maximum Gasteiger partial charge on any atom is 0.427 e. The molecule has 9 heteroatoms. The summed E-state index contributed by atoms with van der Waals surface area (Å²) in [6.45, 7) is 1.58. The van der Waals surface area contributed by atoms with Crippen LogP contribution < -0.4 is 4.74 Å². The molecule has 1 N–H and O–H groups in total. The number of nitrogens with zero attached hydrogens (tertiary/aromatic N) is 3. The number of aryl methyl sites for hydroxylation is 1. The van der Waals surface area contributed by atoms with Gasteiger partial charge in [0.05, 0.1) is 0 Å². The van der Waals surface area contributed by atoms with Crippen LogP contribution in [0, 0.1) is 17.0 Å². The van der Waals surface area contributed by atoms with Crippen molar-refractivity contribution in [1.29, 1.82) is 0 Å². The zero-order valence-corrected chi connectivity index (χ0v) is 12.6. The van der Waals surface area contributed by atoms with Crippen molar-refractivity contribution in [2.75, 3.05) is 0 Å². The van der Waals surface area contributed by atoms with Crippen LogP contribution in [0.4, 0.5) is 5.82 Å². The van der Waals surface area contributed by atoms with Crippen LogP contribution in [-0.4, -0.2) is 25.6 Å². The number of hydrogen-bond acceptors (Lipinski definition) is 5. The van der Waals surface area contributed by atoms with Gasteiger partial charge >= 0.3 is 17.7 Å². The van der Waals surface area contributed by atoms with E-state index in [9.17, 15) is 14.9 Å². The smallest absolute Gasteiger partial charge is 0.427 e. The van der Waals surface area contributed by atoms with Crippen molar-refractivity contribution in [2.45, 2.75) is 6.92 Å². The lowest BCUT2D eigenvalue weighted by atomic mass is 10.2. The van der Waals surface area contributed by atoms with E-state index in [-0.39, 0.29) is 17.2 Å². The van der Waals surface area contributed by atoms with E-state index in [0.717, 1.165) is 0 Å². The van der Waals surface area contributed by atoms with Gasteiger partial charge in [-0.1, -0.05) is 15.9 Å². The van der Waals surface area contributed by atoms with Crippen LogP contribution in [0.2, 0.25) is 0 Å². The number of halogens is 1. The van der Waals surface area contributed by atoms with Gasteiger partial charge in [0.2, 0.25) is 5.82 Å². The van der Waals surface area contributed by atoms with Crippen LogP contribution >= 0.6 is 15.9 Å². The third-order valence-corrected chi connectivity index (χ3v) is 3.30. The SMILES string of the molecule is Cc1nc([N+](=O)[O-])c(Oc2cc(Br)ccc2C(=O)O)n1C. The monoisotopic (exact) mass is 355 g/mol. The van der Waals surface area contributed by atoms with Crippen LogP contribution in [0.5, 0.6) is 11.6 Å². The molecule has 0 radical (unpaired) electrons. The Morgan fingerprint density at radius 3 is 2.76 bits per heavy atom. The molecule has 2 rings (SSSR count). The van der Waals surface area contributed by atoms with Crippen LogP contribution in [0.15, 0.2) is 22.7 Å². The molecule has 8 nitrogen and oxygen atoms in total. The largest absolute Gasteiger partial charge is 0.478 e. The number of benzene rings is 1. The molecule has 1 aromatic carbocycles. The molecule has 110 valence electrons. The van der Waals surface area contributed by atoms with Crippen molar-refractivity contribution < 1.29 is 19.6 Å². The molecule has 0 aliphatic carbocycles. The lowest BCUT2D eigenvalue weighted by Gasteiger charge is -2.09. The van der Waals surface area contributed by atoms with Gasteiger partial charge < -0.3 is 20.0 Å². The van der Waals surface area contributed by atoms with E-state index in [4.69, 9.17) is 9.84 Å². The second kappa shape index (κ2) is 5.52. The van der Waals surface area contributed by atoms with E-state index >= 15 is 0 Å². The number of hydrogen-bond donors (Lipinski definition) is 1. The number of ether oxygens (including phenoxy) is 1. The Hall–Kier alpha value is -2.42. The fraction of sp³-hybridized carbons (Fsp3) is 0.167. The zero-order valence-electron chi connectivity index (χ0n) is 11.0. The number of nitro groups is 1. The van der Waals surface area contributed by atoms with Crippen LogP contribution in [0.3, 0.4) is 0 Å². The molecular weight excluding hydrogens is 346 g/mol. The fourth-order valence-corrected chi connectivity index (χ4v) is 2.01. The quantitative estimate of drug-likeness (QED) is 0.667. The Labute approximate surface area is 127 Å². The second-order valence-corrected chi connectivity index (χ2v) is 5.07. The Morgan fingerprint density at radius 1 is 1.52 bits per heavy atom. The highest BCUT2D eigenvalue weighted by Crippen LogP contribution is 2.34. The first-order valence-electron chi connectivity index (χ1n) is 5.69. The van der Waals surface area contributed by atoms with E-state index in [2.05, 4.69) is 20.9 Å². The van der Waals surface area contributed by atoms with Gasteiger partial charge in [0.1, 0.15) is 11.3 Å². The molecule has 0 saturated heterocycles. The average Bonchev–Trinajstić information content (AvgIpc) is 2.67. The highest BCUT2D eigenvalue weighted by molar-refractivity contribution is 9.10. The summed E-state index contributed by atoms with van der Waals surface area (Å²) in [5, 5.41) is 20.1. The molecule has 0 atom stereocenters. The van der Waals surface area contributed by atoms with E-state index in [1.165, 1.54) is 16.7 Å². The van der Waals surface area contributed by atoms with Gasteiger partial charge in [-0.25, -0.2) is 4.79 Å². The first-order valence-corrected chi connectivity index (χ1v) is 6.49. The van der Waals surface area contributed by atoms with Gasteiger partial charge in [0.15, 0.2) is 0 Å². The van der Waals surface area contributed by atoms with Crippen molar-refractivity contribution in [3.8, 4) is 11.6 Å². The minimum atomic E-state index is -1.20. The first-order chi connectivity index (χ1) is 9.81. The van der Waals surface area contributed by atoms with Crippen molar-refractivity contribution in [3.05, 3.63) is 44.2 Å². The Morgan fingerprint density at radius 2 is 2.19 bits per heavy atom. The minimum absolute atomic E-state index is 0.0111. The van der Waals surface area contributed by atoms with Gasteiger partial charge in [0.25, 0.3) is 0 Å². The molecule has 0 aliphatic heterocycles.